The van der Waals surface area contributed by atoms with E-state index in [9.17, 15) is 0 Å². The molecule has 2 rings (SSSR count). The fourth-order valence-corrected chi connectivity index (χ4v) is 2.43. The molecule has 0 radical (unpaired) electrons. The molecule has 1 fully saturated rings. The van der Waals surface area contributed by atoms with Gasteiger partial charge in [0.1, 0.15) is 0 Å². The van der Waals surface area contributed by atoms with Gasteiger partial charge < -0.3 is 10.3 Å². The second-order valence-corrected chi connectivity index (χ2v) is 4.28. The number of aromatic nitrogens is 2. The summed E-state index contributed by atoms with van der Waals surface area (Å²) in [5, 5.41) is 0. The summed E-state index contributed by atoms with van der Waals surface area (Å²) in [6.45, 7) is 3.10. The molecule has 2 N–H and O–H groups in total. The number of rotatable bonds is 2. The zero-order valence-electron chi connectivity index (χ0n) is 8.87. The van der Waals surface area contributed by atoms with Crippen LogP contribution in [0.15, 0.2) is 12.5 Å². The van der Waals surface area contributed by atoms with E-state index in [0.29, 0.717) is 0 Å². The first-order chi connectivity index (χ1) is 6.76. The van der Waals surface area contributed by atoms with Gasteiger partial charge in [-0.3, -0.25) is 0 Å². The van der Waals surface area contributed by atoms with Crippen molar-refractivity contribution in [2.75, 3.05) is 0 Å². The first-order valence-corrected chi connectivity index (χ1v) is 5.56. The summed E-state index contributed by atoms with van der Waals surface area (Å²) in [4.78, 5) is 4.20. The molecule has 1 aliphatic carbocycles. The molecule has 1 heterocycles. The molecule has 1 aromatic heterocycles. The molecule has 0 unspecified atom stereocenters. The van der Waals surface area contributed by atoms with Gasteiger partial charge in [0, 0.05) is 6.54 Å². The molecule has 0 saturated heterocycles. The summed E-state index contributed by atoms with van der Waals surface area (Å²) in [5.41, 5.74) is 7.56. The zero-order chi connectivity index (χ0) is 10.0. The molecule has 0 aromatic carbocycles. The quantitative estimate of drug-likeness (QED) is 0.781. The Morgan fingerprint density at radius 3 is 2.79 bits per heavy atom. The SMILES string of the molecule is CCn1cncc1C1(N)CCCCC1. The van der Waals surface area contributed by atoms with E-state index in [-0.39, 0.29) is 5.54 Å². The van der Waals surface area contributed by atoms with E-state index < -0.39 is 0 Å². The predicted molar refractivity (Wildman–Crippen MR) is 56.9 cm³/mol. The van der Waals surface area contributed by atoms with Crippen molar-refractivity contribution >= 4 is 0 Å². The van der Waals surface area contributed by atoms with Crippen molar-refractivity contribution < 1.29 is 0 Å². The van der Waals surface area contributed by atoms with Crippen LogP contribution in [0.25, 0.3) is 0 Å². The maximum absolute atomic E-state index is 6.44. The van der Waals surface area contributed by atoms with Crippen LogP contribution in [0.5, 0.6) is 0 Å². The lowest BCUT2D eigenvalue weighted by atomic mass is 9.80. The topological polar surface area (TPSA) is 43.8 Å². The van der Waals surface area contributed by atoms with Gasteiger partial charge >= 0.3 is 0 Å². The van der Waals surface area contributed by atoms with Crippen molar-refractivity contribution in [1.82, 2.24) is 9.55 Å². The predicted octanol–water partition coefficient (Wildman–Crippen LogP) is 2.02. The van der Waals surface area contributed by atoms with Gasteiger partial charge in [-0.2, -0.15) is 0 Å². The zero-order valence-corrected chi connectivity index (χ0v) is 8.87. The van der Waals surface area contributed by atoms with Crippen LogP contribution in [0.2, 0.25) is 0 Å². The van der Waals surface area contributed by atoms with Crippen LogP contribution in [0.1, 0.15) is 44.7 Å². The Labute approximate surface area is 85.3 Å². The number of nitrogens with zero attached hydrogens (tertiary/aromatic N) is 2. The minimum Gasteiger partial charge on any atom is -0.333 e. The van der Waals surface area contributed by atoms with E-state index in [1.807, 2.05) is 12.5 Å². The van der Waals surface area contributed by atoms with Gasteiger partial charge in [-0.1, -0.05) is 19.3 Å². The summed E-state index contributed by atoms with van der Waals surface area (Å²) in [6.07, 6.45) is 9.89. The first kappa shape index (κ1) is 9.71. The maximum atomic E-state index is 6.44. The molecule has 0 aliphatic heterocycles. The third-order valence-corrected chi connectivity index (χ3v) is 3.31. The first-order valence-electron chi connectivity index (χ1n) is 5.56. The second-order valence-electron chi connectivity index (χ2n) is 4.28. The summed E-state index contributed by atoms with van der Waals surface area (Å²) < 4.78 is 2.17. The molecule has 0 amide bonds. The van der Waals surface area contributed by atoms with Crippen LogP contribution in [0, 0.1) is 0 Å². The van der Waals surface area contributed by atoms with E-state index in [1.165, 1.54) is 25.0 Å². The minimum absolute atomic E-state index is 0.106. The van der Waals surface area contributed by atoms with Gasteiger partial charge in [0.25, 0.3) is 0 Å². The van der Waals surface area contributed by atoms with Crippen LogP contribution < -0.4 is 5.73 Å². The molecule has 0 spiro atoms. The molecular formula is C11H19N3. The highest BCUT2D eigenvalue weighted by Gasteiger charge is 2.31. The van der Waals surface area contributed by atoms with Crippen molar-refractivity contribution in [3.05, 3.63) is 18.2 Å². The highest BCUT2D eigenvalue weighted by atomic mass is 15.1. The number of imidazole rings is 1. The fraction of sp³-hybridized carbons (Fsp3) is 0.727. The molecule has 1 saturated carbocycles. The van der Waals surface area contributed by atoms with Gasteiger partial charge in [-0.25, -0.2) is 4.98 Å². The van der Waals surface area contributed by atoms with E-state index in [0.717, 1.165) is 19.4 Å². The van der Waals surface area contributed by atoms with Crippen LogP contribution in [0.3, 0.4) is 0 Å². The van der Waals surface area contributed by atoms with Crippen molar-refractivity contribution in [2.24, 2.45) is 5.73 Å². The average molecular weight is 193 g/mol. The lowest BCUT2D eigenvalue weighted by Crippen LogP contribution is -2.40. The average Bonchev–Trinajstić information content (AvgIpc) is 2.67. The minimum atomic E-state index is -0.106. The van der Waals surface area contributed by atoms with Gasteiger partial charge in [0.05, 0.1) is 23.8 Å². The third kappa shape index (κ3) is 1.57. The van der Waals surface area contributed by atoms with Gasteiger partial charge in [0.15, 0.2) is 0 Å². The normalized spacial score (nSPS) is 21.0. The van der Waals surface area contributed by atoms with E-state index in [1.54, 1.807) is 0 Å². The largest absolute Gasteiger partial charge is 0.333 e. The Bertz CT molecular complexity index is 297. The van der Waals surface area contributed by atoms with Gasteiger partial charge in [0.2, 0.25) is 0 Å². The second kappa shape index (κ2) is 3.73. The number of hydrogen-bond acceptors (Lipinski definition) is 2. The molecular weight excluding hydrogens is 174 g/mol. The number of hydrogen-bond donors (Lipinski definition) is 1. The maximum Gasteiger partial charge on any atom is 0.0948 e. The Morgan fingerprint density at radius 2 is 2.14 bits per heavy atom. The lowest BCUT2D eigenvalue weighted by Gasteiger charge is -2.33. The Hall–Kier alpha value is -0.830. The summed E-state index contributed by atoms with van der Waals surface area (Å²) >= 11 is 0. The summed E-state index contributed by atoms with van der Waals surface area (Å²) in [6, 6.07) is 0. The van der Waals surface area contributed by atoms with E-state index in [4.69, 9.17) is 5.73 Å². The lowest BCUT2D eigenvalue weighted by molar-refractivity contribution is 0.286. The van der Waals surface area contributed by atoms with Crippen molar-refractivity contribution in [1.29, 1.82) is 0 Å². The number of nitrogens with two attached hydrogens (primary N) is 1. The highest BCUT2D eigenvalue weighted by molar-refractivity contribution is 5.14. The fourth-order valence-electron chi connectivity index (χ4n) is 2.43. The number of aryl methyl sites for hydroxylation is 1. The standard InChI is InChI=1S/C11H19N3/c1-2-14-9-13-8-10(14)11(12)6-4-3-5-7-11/h8-9H,2-7,12H2,1H3. The molecule has 3 heteroatoms. The molecule has 3 nitrogen and oxygen atoms in total. The van der Waals surface area contributed by atoms with Crippen LogP contribution in [-0.2, 0) is 12.1 Å². The molecule has 0 bridgehead atoms. The van der Waals surface area contributed by atoms with Crippen molar-refractivity contribution in [3.63, 3.8) is 0 Å². The Morgan fingerprint density at radius 1 is 1.43 bits per heavy atom. The Balaban J connectivity index is 2.27. The molecule has 14 heavy (non-hydrogen) atoms. The highest BCUT2D eigenvalue weighted by Crippen LogP contribution is 2.34. The van der Waals surface area contributed by atoms with E-state index in [2.05, 4.69) is 16.5 Å². The summed E-state index contributed by atoms with van der Waals surface area (Å²) in [5.74, 6) is 0. The molecule has 0 atom stereocenters. The van der Waals surface area contributed by atoms with Gasteiger partial charge in [-0.15, -0.1) is 0 Å². The monoisotopic (exact) mass is 193 g/mol. The third-order valence-electron chi connectivity index (χ3n) is 3.31. The smallest absolute Gasteiger partial charge is 0.0948 e. The van der Waals surface area contributed by atoms with Crippen molar-refractivity contribution in [2.45, 2.75) is 51.1 Å². The molecule has 78 valence electrons. The van der Waals surface area contributed by atoms with Gasteiger partial charge in [-0.05, 0) is 19.8 Å². The van der Waals surface area contributed by atoms with Crippen LogP contribution in [0.4, 0.5) is 0 Å². The van der Waals surface area contributed by atoms with E-state index >= 15 is 0 Å². The van der Waals surface area contributed by atoms with Crippen LogP contribution >= 0.6 is 0 Å². The molecule has 1 aromatic rings. The molecule has 1 aliphatic rings. The van der Waals surface area contributed by atoms with Crippen LogP contribution in [-0.4, -0.2) is 9.55 Å². The summed E-state index contributed by atoms with van der Waals surface area (Å²) in [7, 11) is 0. The Kier molecular flexibility index (Phi) is 2.59. The van der Waals surface area contributed by atoms with Crippen molar-refractivity contribution in [3.8, 4) is 0 Å².